The minimum atomic E-state index is -0.105. The molecule has 0 bridgehead atoms. The van der Waals surface area contributed by atoms with Crippen LogP contribution in [0.1, 0.15) is 0 Å². The number of hydrogen-bond acceptors (Lipinski definition) is 2. The summed E-state index contributed by atoms with van der Waals surface area (Å²) in [6, 6.07) is 3.96. The van der Waals surface area contributed by atoms with E-state index in [0.717, 1.165) is 15.0 Å². The van der Waals surface area contributed by atoms with E-state index in [0.29, 0.717) is 0 Å². The van der Waals surface area contributed by atoms with E-state index < -0.39 is 0 Å². The molecule has 68 valence electrons. The van der Waals surface area contributed by atoms with Gasteiger partial charge in [0, 0.05) is 23.9 Å². The third-order valence-corrected chi connectivity index (χ3v) is 4.75. The monoisotopic (exact) mass is 324 g/mol. The van der Waals surface area contributed by atoms with Crippen molar-refractivity contribution >= 4 is 55.8 Å². The molecule has 0 N–H and O–H groups in total. The Kier molecular flexibility index (Phi) is 2.80. The van der Waals surface area contributed by atoms with Crippen molar-refractivity contribution in [1.29, 1.82) is 0 Å². The lowest BCUT2D eigenvalue weighted by atomic mass is 10.2. The fourth-order valence-electron chi connectivity index (χ4n) is 1.15. The van der Waals surface area contributed by atoms with Crippen LogP contribution in [0.25, 0.3) is 10.1 Å². The van der Waals surface area contributed by atoms with E-state index in [1.54, 1.807) is 17.1 Å². The second-order valence-electron chi connectivity index (χ2n) is 2.57. The highest BCUT2D eigenvalue weighted by Crippen LogP contribution is 2.32. The second kappa shape index (κ2) is 3.74. The maximum atomic E-state index is 13.2. The van der Waals surface area contributed by atoms with Crippen molar-refractivity contribution in [2.45, 2.75) is 4.90 Å². The number of benzene rings is 1. The van der Waals surface area contributed by atoms with Crippen LogP contribution in [0.15, 0.2) is 22.4 Å². The quantitative estimate of drug-likeness (QED) is 0.555. The van der Waals surface area contributed by atoms with Gasteiger partial charge in [-0.1, -0.05) is 0 Å². The fraction of sp³-hybridized carbons (Fsp3) is 0.111. The molecule has 1 heterocycles. The van der Waals surface area contributed by atoms with Gasteiger partial charge < -0.3 is 0 Å². The first kappa shape index (κ1) is 9.73. The lowest BCUT2D eigenvalue weighted by molar-refractivity contribution is 0.644. The molecule has 0 spiro atoms. The predicted octanol–water partition coefficient (Wildman–Crippen LogP) is 4.37. The van der Waals surface area contributed by atoms with Crippen LogP contribution in [0.4, 0.5) is 4.39 Å². The molecule has 0 aliphatic rings. The molecular formula is C9H6FIS2. The van der Waals surface area contributed by atoms with Gasteiger partial charge in [0.2, 0.25) is 0 Å². The van der Waals surface area contributed by atoms with Crippen LogP contribution in [-0.2, 0) is 0 Å². The van der Waals surface area contributed by atoms with Crippen molar-refractivity contribution in [3.63, 3.8) is 0 Å². The minimum absolute atomic E-state index is 0.105. The molecule has 0 aliphatic heterocycles. The van der Waals surface area contributed by atoms with Gasteiger partial charge in [-0.25, -0.2) is 4.39 Å². The summed E-state index contributed by atoms with van der Waals surface area (Å²) in [6.45, 7) is 0. The largest absolute Gasteiger partial charge is 0.205 e. The summed E-state index contributed by atoms with van der Waals surface area (Å²) in [6.07, 6.45) is 2.01. The summed E-state index contributed by atoms with van der Waals surface area (Å²) >= 11 is 5.39. The molecule has 0 atom stereocenters. The van der Waals surface area contributed by atoms with Crippen LogP contribution in [-0.4, -0.2) is 6.26 Å². The summed E-state index contributed by atoms with van der Waals surface area (Å²) in [4.78, 5) is 1.14. The fourth-order valence-corrected chi connectivity index (χ4v) is 3.81. The summed E-state index contributed by atoms with van der Waals surface area (Å²) in [5.74, 6) is -0.105. The first-order valence-corrected chi connectivity index (χ1v) is 6.81. The molecule has 0 unspecified atom stereocenters. The Morgan fingerprint density at radius 3 is 2.92 bits per heavy atom. The zero-order valence-electron chi connectivity index (χ0n) is 6.80. The molecule has 13 heavy (non-hydrogen) atoms. The van der Waals surface area contributed by atoms with Gasteiger partial charge in [-0.15, -0.1) is 23.1 Å². The standard InChI is InChI=1S/C9H6FIS2/c1-12-9-2-5-6(10)4-13-8(5)3-7(9)11/h2-4H,1H3. The van der Waals surface area contributed by atoms with Crippen molar-refractivity contribution < 1.29 is 4.39 Å². The van der Waals surface area contributed by atoms with Crippen molar-refractivity contribution in [2.24, 2.45) is 0 Å². The molecule has 1 aromatic heterocycles. The SMILES string of the molecule is CSc1cc2c(F)csc2cc1I. The summed E-state index contributed by atoms with van der Waals surface area (Å²) in [7, 11) is 0. The van der Waals surface area contributed by atoms with Gasteiger partial charge in [-0.05, 0) is 41.0 Å². The Labute approximate surface area is 97.7 Å². The highest BCUT2D eigenvalue weighted by molar-refractivity contribution is 14.1. The van der Waals surface area contributed by atoms with Gasteiger partial charge >= 0.3 is 0 Å². The van der Waals surface area contributed by atoms with Gasteiger partial charge in [0.05, 0.1) is 0 Å². The van der Waals surface area contributed by atoms with E-state index >= 15 is 0 Å². The Morgan fingerprint density at radius 2 is 2.23 bits per heavy atom. The van der Waals surface area contributed by atoms with Crippen LogP contribution < -0.4 is 0 Å². The average molecular weight is 324 g/mol. The van der Waals surface area contributed by atoms with E-state index in [1.165, 1.54) is 14.9 Å². The molecular weight excluding hydrogens is 318 g/mol. The lowest BCUT2D eigenvalue weighted by Crippen LogP contribution is -1.78. The number of hydrogen-bond donors (Lipinski definition) is 0. The van der Waals surface area contributed by atoms with Crippen LogP contribution in [0.2, 0.25) is 0 Å². The molecule has 0 saturated heterocycles. The van der Waals surface area contributed by atoms with Crippen molar-refractivity contribution in [1.82, 2.24) is 0 Å². The topological polar surface area (TPSA) is 0 Å². The van der Waals surface area contributed by atoms with Crippen LogP contribution in [0, 0.1) is 9.39 Å². The van der Waals surface area contributed by atoms with Gasteiger partial charge in [-0.2, -0.15) is 0 Å². The van der Waals surface area contributed by atoms with Gasteiger partial charge in [-0.3, -0.25) is 0 Å². The summed E-state index contributed by atoms with van der Waals surface area (Å²) in [5.41, 5.74) is 0. The summed E-state index contributed by atoms with van der Waals surface area (Å²) in [5, 5.41) is 2.31. The van der Waals surface area contributed by atoms with Crippen molar-refractivity contribution in [2.75, 3.05) is 6.26 Å². The molecule has 0 radical (unpaired) electrons. The molecule has 0 saturated carbocycles. The summed E-state index contributed by atoms with van der Waals surface area (Å²) < 4.78 is 15.4. The van der Waals surface area contributed by atoms with E-state index in [-0.39, 0.29) is 5.82 Å². The first-order chi connectivity index (χ1) is 6.22. The zero-order chi connectivity index (χ0) is 9.42. The van der Waals surface area contributed by atoms with E-state index in [4.69, 9.17) is 0 Å². The van der Waals surface area contributed by atoms with Crippen LogP contribution in [0.5, 0.6) is 0 Å². The Bertz CT molecular complexity index is 450. The van der Waals surface area contributed by atoms with Gasteiger partial charge in [0.1, 0.15) is 5.82 Å². The van der Waals surface area contributed by atoms with Crippen LogP contribution >= 0.6 is 45.7 Å². The molecule has 0 amide bonds. The zero-order valence-corrected chi connectivity index (χ0v) is 10.6. The number of thioether (sulfide) groups is 1. The number of halogens is 2. The third-order valence-electron chi connectivity index (χ3n) is 1.80. The van der Waals surface area contributed by atoms with E-state index in [9.17, 15) is 4.39 Å². The number of thiophene rings is 1. The molecule has 2 aromatic rings. The molecule has 1 aromatic carbocycles. The predicted molar refractivity (Wildman–Crippen MR) is 66.3 cm³/mol. The highest BCUT2D eigenvalue weighted by Gasteiger charge is 2.07. The minimum Gasteiger partial charge on any atom is -0.205 e. The molecule has 2 rings (SSSR count). The second-order valence-corrected chi connectivity index (χ2v) is 5.49. The average Bonchev–Trinajstić information content (AvgIpc) is 2.46. The van der Waals surface area contributed by atoms with Crippen molar-refractivity contribution in [3.05, 3.63) is 26.9 Å². The Hall–Kier alpha value is 0.190. The number of fused-ring (bicyclic) bond motifs is 1. The highest BCUT2D eigenvalue weighted by atomic mass is 127. The molecule has 4 heteroatoms. The van der Waals surface area contributed by atoms with Crippen LogP contribution in [0.3, 0.4) is 0 Å². The maximum Gasteiger partial charge on any atom is 0.141 e. The van der Waals surface area contributed by atoms with Gasteiger partial charge in [0.15, 0.2) is 0 Å². The smallest absolute Gasteiger partial charge is 0.141 e. The van der Waals surface area contributed by atoms with E-state index in [2.05, 4.69) is 22.6 Å². The normalized spacial score (nSPS) is 11.0. The first-order valence-electron chi connectivity index (χ1n) is 3.62. The molecule has 0 fully saturated rings. The third kappa shape index (κ3) is 1.71. The molecule has 0 nitrogen and oxygen atoms in total. The van der Waals surface area contributed by atoms with E-state index in [1.807, 2.05) is 18.4 Å². The maximum absolute atomic E-state index is 13.2. The number of rotatable bonds is 1. The van der Waals surface area contributed by atoms with Gasteiger partial charge in [0.25, 0.3) is 0 Å². The Balaban J connectivity index is 2.77. The molecule has 0 aliphatic carbocycles. The van der Waals surface area contributed by atoms with Crippen molar-refractivity contribution in [3.8, 4) is 0 Å². The Morgan fingerprint density at radius 1 is 1.46 bits per heavy atom. The lowest BCUT2D eigenvalue weighted by Gasteiger charge is -2.00.